The third-order valence-electron chi connectivity index (χ3n) is 3.06. The number of rotatable bonds is 3. The fourth-order valence-corrected chi connectivity index (χ4v) is 1.75. The first-order chi connectivity index (χ1) is 7.71. The molecule has 0 amide bonds. The molecule has 6 heteroatoms. The molecular weight excluding hydrogens is 228 g/mol. The second kappa shape index (κ2) is 4.04. The average Bonchev–Trinajstić information content (AvgIpc) is 2.20. The minimum atomic E-state index is -1.47. The summed E-state index contributed by atoms with van der Waals surface area (Å²) in [4.78, 5) is 33.0. The van der Waals surface area contributed by atoms with Crippen LogP contribution in [0.25, 0.3) is 0 Å². The monoisotopic (exact) mass is 240 g/mol. The van der Waals surface area contributed by atoms with Gasteiger partial charge in [0.1, 0.15) is 11.3 Å². The summed E-state index contributed by atoms with van der Waals surface area (Å²) in [6.45, 7) is 2.67. The molecular formula is C11H12O6. The Morgan fingerprint density at radius 3 is 2.12 bits per heavy atom. The fourth-order valence-electron chi connectivity index (χ4n) is 1.75. The SMILES string of the molecule is CC1=C(C(=O)O)C(C(=O)O)C=CC1(C)C(=O)O. The van der Waals surface area contributed by atoms with Gasteiger partial charge in [-0.05, 0) is 19.4 Å². The summed E-state index contributed by atoms with van der Waals surface area (Å²) < 4.78 is 0. The fraction of sp³-hybridized carbons (Fsp3) is 0.364. The van der Waals surface area contributed by atoms with Crippen LogP contribution in [0.15, 0.2) is 23.3 Å². The second-order valence-electron chi connectivity index (χ2n) is 4.03. The van der Waals surface area contributed by atoms with Gasteiger partial charge in [0.2, 0.25) is 0 Å². The summed E-state index contributed by atoms with van der Waals surface area (Å²) in [7, 11) is 0. The van der Waals surface area contributed by atoms with E-state index in [4.69, 9.17) is 15.3 Å². The highest BCUT2D eigenvalue weighted by atomic mass is 16.4. The van der Waals surface area contributed by atoms with E-state index < -0.39 is 29.2 Å². The summed E-state index contributed by atoms with van der Waals surface area (Å²) in [6.07, 6.45) is 2.32. The molecule has 0 radical (unpaired) electrons. The lowest BCUT2D eigenvalue weighted by molar-refractivity contribution is -0.145. The van der Waals surface area contributed by atoms with Crippen LogP contribution < -0.4 is 0 Å². The van der Waals surface area contributed by atoms with E-state index in [-0.39, 0.29) is 11.1 Å². The molecule has 0 saturated carbocycles. The molecule has 0 aromatic rings. The van der Waals surface area contributed by atoms with Gasteiger partial charge in [-0.15, -0.1) is 0 Å². The van der Waals surface area contributed by atoms with Gasteiger partial charge in [-0.1, -0.05) is 12.2 Å². The molecule has 2 unspecified atom stereocenters. The zero-order valence-corrected chi connectivity index (χ0v) is 9.30. The lowest BCUT2D eigenvalue weighted by atomic mass is 9.73. The van der Waals surface area contributed by atoms with E-state index in [1.54, 1.807) is 0 Å². The number of carboxylic acid groups (broad SMARTS) is 3. The van der Waals surface area contributed by atoms with Crippen molar-refractivity contribution >= 4 is 17.9 Å². The molecule has 1 aliphatic rings. The van der Waals surface area contributed by atoms with Gasteiger partial charge < -0.3 is 15.3 Å². The van der Waals surface area contributed by atoms with Crippen LogP contribution in [-0.4, -0.2) is 33.2 Å². The Balaban J connectivity index is 3.43. The van der Waals surface area contributed by atoms with Crippen molar-refractivity contribution < 1.29 is 29.7 Å². The molecule has 0 fully saturated rings. The zero-order valence-electron chi connectivity index (χ0n) is 9.30. The molecule has 1 aliphatic carbocycles. The third-order valence-corrected chi connectivity index (χ3v) is 3.06. The first-order valence-corrected chi connectivity index (χ1v) is 4.82. The summed E-state index contributed by atoms with van der Waals surface area (Å²) in [6, 6.07) is 0. The van der Waals surface area contributed by atoms with E-state index in [0.717, 1.165) is 6.08 Å². The van der Waals surface area contributed by atoms with Gasteiger partial charge in [0.25, 0.3) is 0 Å². The van der Waals surface area contributed by atoms with Crippen LogP contribution in [-0.2, 0) is 14.4 Å². The normalized spacial score (nSPS) is 28.0. The Morgan fingerprint density at radius 1 is 1.24 bits per heavy atom. The summed E-state index contributed by atoms with van der Waals surface area (Å²) in [5.74, 6) is -5.24. The minimum absolute atomic E-state index is 0.0346. The van der Waals surface area contributed by atoms with Gasteiger partial charge in [-0.25, -0.2) is 4.79 Å². The van der Waals surface area contributed by atoms with Gasteiger partial charge in [0.05, 0.1) is 5.57 Å². The smallest absolute Gasteiger partial charge is 0.332 e. The molecule has 1 rings (SSSR count). The zero-order chi connectivity index (χ0) is 13.4. The molecule has 2 atom stereocenters. The van der Waals surface area contributed by atoms with Crippen molar-refractivity contribution in [2.24, 2.45) is 11.3 Å². The maximum Gasteiger partial charge on any atom is 0.332 e. The van der Waals surface area contributed by atoms with E-state index >= 15 is 0 Å². The Morgan fingerprint density at radius 2 is 1.76 bits per heavy atom. The highest BCUT2D eigenvalue weighted by Crippen LogP contribution is 2.38. The van der Waals surface area contributed by atoms with Crippen LogP contribution in [0.3, 0.4) is 0 Å². The summed E-state index contributed by atoms with van der Waals surface area (Å²) >= 11 is 0. The molecule has 92 valence electrons. The topological polar surface area (TPSA) is 112 Å². The second-order valence-corrected chi connectivity index (χ2v) is 4.03. The largest absolute Gasteiger partial charge is 0.481 e. The first kappa shape index (κ1) is 13.0. The van der Waals surface area contributed by atoms with Crippen LogP contribution in [0.1, 0.15) is 13.8 Å². The van der Waals surface area contributed by atoms with E-state index in [1.165, 1.54) is 19.9 Å². The van der Waals surface area contributed by atoms with Crippen molar-refractivity contribution in [1.82, 2.24) is 0 Å². The van der Waals surface area contributed by atoms with E-state index in [0.29, 0.717) is 0 Å². The average molecular weight is 240 g/mol. The Hall–Kier alpha value is -2.11. The molecule has 0 spiro atoms. The maximum absolute atomic E-state index is 11.1. The van der Waals surface area contributed by atoms with Gasteiger partial charge in [-0.2, -0.15) is 0 Å². The number of hydrogen-bond acceptors (Lipinski definition) is 3. The summed E-state index contributed by atoms with van der Waals surface area (Å²) in [5.41, 5.74) is -1.82. The lowest BCUT2D eigenvalue weighted by Crippen LogP contribution is -2.35. The van der Waals surface area contributed by atoms with Crippen LogP contribution >= 0.6 is 0 Å². The summed E-state index contributed by atoms with van der Waals surface area (Å²) in [5, 5.41) is 26.9. The molecule has 0 aliphatic heterocycles. The highest BCUT2D eigenvalue weighted by molar-refractivity contribution is 5.98. The Bertz CT molecular complexity index is 459. The number of carbonyl (C=O) groups is 3. The van der Waals surface area contributed by atoms with Gasteiger partial charge in [0, 0.05) is 0 Å². The molecule has 3 N–H and O–H groups in total. The molecule has 0 aromatic heterocycles. The van der Waals surface area contributed by atoms with Crippen molar-refractivity contribution in [1.29, 1.82) is 0 Å². The maximum atomic E-state index is 11.1. The lowest BCUT2D eigenvalue weighted by Gasteiger charge is -2.29. The van der Waals surface area contributed by atoms with E-state index in [1.807, 2.05) is 0 Å². The van der Waals surface area contributed by atoms with Crippen molar-refractivity contribution in [2.45, 2.75) is 13.8 Å². The van der Waals surface area contributed by atoms with Gasteiger partial charge in [0.15, 0.2) is 0 Å². The molecule has 0 heterocycles. The Kier molecular flexibility index (Phi) is 3.08. The van der Waals surface area contributed by atoms with Gasteiger partial charge in [-0.3, -0.25) is 9.59 Å². The molecule has 0 aromatic carbocycles. The first-order valence-electron chi connectivity index (χ1n) is 4.82. The number of hydrogen-bond donors (Lipinski definition) is 3. The quantitative estimate of drug-likeness (QED) is 0.627. The Labute approximate surface area is 96.9 Å². The standard InChI is InChI=1S/C11H12O6/c1-5-7(9(14)15)6(8(12)13)3-4-11(5,2)10(16)17/h3-4,6H,1-2H3,(H,12,13)(H,14,15)(H,16,17). The molecule has 17 heavy (non-hydrogen) atoms. The van der Waals surface area contributed by atoms with E-state index in [9.17, 15) is 14.4 Å². The van der Waals surface area contributed by atoms with Crippen LogP contribution in [0.2, 0.25) is 0 Å². The number of carboxylic acids is 3. The van der Waals surface area contributed by atoms with Crippen molar-refractivity contribution in [2.75, 3.05) is 0 Å². The molecule has 6 nitrogen and oxygen atoms in total. The number of aliphatic carboxylic acids is 3. The predicted octanol–water partition coefficient (Wildman–Crippen LogP) is 0.749. The van der Waals surface area contributed by atoms with Crippen LogP contribution in [0, 0.1) is 11.3 Å². The van der Waals surface area contributed by atoms with Gasteiger partial charge >= 0.3 is 17.9 Å². The molecule has 0 bridgehead atoms. The van der Waals surface area contributed by atoms with E-state index in [2.05, 4.69) is 0 Å². The predicted molar refractivity (Wildman–Crippen MR) is 56.3 cm³/mol. The molecule has 0 saturated heterocycles. The van der Waals surface area contributed by atoms with Crippen LogP contribution in [0.5, 0.6) is 0 Å². The van der Waals surface area contributed by atoms with Crippen LogP contribution in [0.4, 0.5) is 0 Å². The van der Waals surface area contributed by atoms with Crippen molar-refractivity contribution in [3.63, 3.8) is 0 Å². The third kappa shape index (κ3) is 1.93. The van der Waals surface area contributed by atoms with Crippen molar-refractivity contribution in [3.8, 4) is 0 Å². The minimum Gasteiger partial charge on any atom is -0.481 e. The van der Waals surface area contributed by atoms with Crippen molar-refractivity contribution in [3.05, 3.63) is 23.3 Å². The highest BCUT2D eigenvalue weighted by Gasteiger charge is 2.42.